The Morgan fingerprint density at radius 2 is 1.94 bits per heavy atom. The highest BCUT2D eigenvalue weighted by Crippen LogP contribution is 2.41. The molecule has 34 heavy (non-hydrogen) atoms. The van der Waals surface area contributed by atoms with Gasteiger partial charge >= 0.3 is 12.1 Å². The smallest absolute Gasteiger partial charge is 0.416 e. The second kappa shape index (κ2) is 9.58. The van der Waals surface area contributed by atoms with Crippen LogP contribution in [0.1, 0.15) is 49.5 Å². The fourth-order valence-electron chi connectivity index (χ4n) is 4.74. The standard InChI is InChI=1S/C23H25ClF3N3O4/c24-19-17(14-28-30(20(19)31)18-7-3-4-12-34-18)29-10-8-22(9-11-29,21(32)33)13-15-5-1-2-6-16(15)23(25,26)27/h1-2,5-6,14,18H,3-4,7-13H2,(H,32,33). The minimum Gasteiger partial charge on any atom is -0.481 e. The van der Waals surface area contributed by atoms with Gasteiger partial charge in [0.05, 0.1) is 22.9 Å². The lowest BCUT2D eigenvalue weighted by Gasteiger charge is -2.40. The number of nitrogens with zero attached hydrogens (tertiary/aromatic N) is 3. The normalized spacial score (nSPS) is 20.8. The van der Waals surface area contributed by atoms with Gasteiger partial charge in [-0.2, -0.15) is 23.0 Å². The summed E-state index contributed by atoms with van der Waals surface area (Å²) in [7, 11) is 0. The minimum atomic E-state index is -4.57. The first-order valence-electron chi connectivity index (χ1n) is 11.1. The van der Waals surface area contributed by atoms with Crippen LogP contribution in [-0.2, 0) is 22.1 Å². The van der Waals surface area contributed by atoms with Gasteiger partial charge < -0.3 is 14.7 Å². The van der Waals surface area contributed by atoms with Crippen molar-refractivity contribution in [1.82, 2.24) is 9.78 Å². The third-order valence-electron chi connectivity index (χ3n) is 6.72. The first kappa shape index (κ1) is 24.5. The highest BCUT2D eigenvalue weighted by molar-refractivity contribution is 6.33. The maximum Gasteiger partial charge on any atom is 0.416 e. The van der Waals surface area contributed by atoms with Crippen molar-refractivity contribution in [3.8, 4) is 0 Å². The molecule has 0 bridgehead atoms. The molecule has 0 saturated carbocycles. The Balaban J connectivity index is 1.54. The van der Waals surface area contributed by atoms with Gasteiger partial charge in [-0.3, -0.25) is 9.59 Å². The van der Waals surface area contributed by atoms with Gasteiger partial charge in [0.15, 0.2) is 6.23 Å². The van der Waals surface area contributed by atoms with E-state index < -0.39 is 34.9 Å². The van der Waals surface area contributed by atoms with Gasteiger partial charge in [-0.25, -0.2) is 0 Å². The molecule has 1 unspecified atom stereocenters. The van der Waals surface area contributed by atoms with Gasteiger partial charge in [0, 0.05) is 19.7 Å². The van der Waals surface area contributed by atoms with E-state index in [9.17, 15) is 27.9 Å². The fourth-order valence-corrected chi connectivity index (χ4v) is 4.99. The van der Waals surface area contributed by atoms with Gasteiger partial charge in [-0.05, 0) is 50.2 Å². The molecule has 2 fully saturated rings. The van der Waals surface area contributed by atoms with E-state index in [1.165, 1.54) is 29.1 Å². The van der Waals surface area contributed by atoms with Gasteiger partial charge in [0.2, 0.25) is 0 Å². The number of carbonyl (C=O) groups is 1. The van der Waals surface area contributed by atoms with Crippen LogP contribution in [0.2, 0.25) is 5.02 Å². The number of carboxylic acids is 1. The number of hydrogen-bond acceptors (Lipinski definition) is 5. The number of alkyl halides is 3. The second-order valence-electron chi connectivity index (χ2n) is 8.82. The Labute approximate surface area is 199 Å². The molecule has 0 spiro atoms. The molecule has 7 nitrogen and oxygen atoms in total. The van der Waals surface area contributed by atoms with Crippen LogP contribution in [-0.4, -0.2) is 40.6 Å². The summed E-state index contributed by atoms with van der Waals surface area (Å²) >= 11 is 6.37. The number of aromatic nitrogens is 2. The summed E-state index contributed by atoms with van der Waals surface area (Å²) in [5.74, 6) is -1.14. The molecule has 4 rings (SSSR count). The number of rotatable bonds is 5. The summed E-state index contributed by atoms with van der Waals surface area (Å²) in [4.78, 5) is 26.8. The molecule has 1 aromatic heterocycles. The molecule has 0 aliphatic carbocycles. The molecule has 1 atom stereocenters. The molecule has 2 aliphatic heterocycles. The molecule has 184 valence electrons. The monoisotopic (exact) mass is 499 g/mol. The predicted octanol–water partition coefficient (Wildman–Crippen LogP) is 4.53. The Hall–Kier alpha value is -2.59. The van der Waals surface area contributed by atoms with Crippen molar-refractivity contribution < 1.29 is 27.8 Å². The Morgan fingerprint density at radius 3 is 2.56 bits per heavy atom. The number of halogens is 4. The van der Waals surface area contributed by atoms with Crippen LogP contribution in [0.25, 0.3) is 0 Å². The van der Waals surface area contributed by atoms with E-state index in [1.54, 1.807) is 4.90 Å². The fraction of sp³-hybridized carbons (Fsp3) is 0.522. The lowest BCUT2D eigenvalue weighted by atomic mass is 9.73. The average Bonchev–Trinajstić information content (AvgIpc) is 2.81. The summed E-state index contributed by atoms with van der Waals surface area (Å²) < 4.78 is 47.2. The molecule has 2 saturated heterocycles. The summed E-state index contributed by atoms with van der Waals surface area (Å²) in [6, 6.07) is 5.06. The molecule has 3 heterocycles. The highest BCUT2D eigenvalue weighted by atomic mass is 35.5. The van der Waals surface area contributed by atoms with Gasteiger partial charge in [-0.15, -0.1) is 0 Å². The van der Waals surface area contributed by atoms with E-state index in [2.05, 4.69) is 5.10 Å². The molecule has 1 N–H and O–H groups in total. The summed E-state index contributed by atoms with van der Waals surface area (Å²) in [5, 5.41) is 14.2. The van der Waals surface area contributed by atoms with E-state index in [0.29, 0.717) is 18.7 Å². The molecular weight excluding hydrogens is 475 g/mol. The van der Waals surface area contributed by atoms with Crippen molar-refractivity contribution in [3.05, 3.63) is 57.0 Å². The van der Waals surface area contributed by atoms with E-state index in [0.717, 1.165) is 18.9 Å². The van der Waals surface area contributed by atoms with Gasteiger partial charge in [0.25, 0.3) is 5.56 Å². The van der Waals surface area contributed by atoms with Crippen LogP contribution in [0.3, 0.4) is 0 Å². The van der Waals surface area contributed by atoms with Crippen LogP contribution in [0.15, 0.2) is 35.3 Å². The van der Waals surface area contributed by atoms with Crippen molar-refractivity contribution >= 4 is 23.3 Å². The number of carboxylic acid groups (broad SMARTS) is 1. The van der Waals surface area contributed by atoms with E-state index in [4.69, 9.17) is 16.3 Å². The molecular formula is C23H25ClF3N3O4. The maximum atomic E-state index is 13.4. The Bertz CT molecular complexity index is 1110. The van der Waals surface area contributed by atoms with Crippen LogP contribution in [0.4, 0.5) is 18.9 Å². The third-order valence-corrected chi connectivity index (χ3v) is 7.08. The molecule has 2 aromatic rings. The van der Waals surface area contributed by atoms with E-state index >= 15 is 0 Å². The minimum absolute atomic E-state index is 0.0329. The zero-order valence-corrected chi connectivity index (χ0v) is 19.1. The van der Waals surface area contributed by atoms with E-state index in [1.807, 2.05) is 0 Å². The molecule has 1 aromatic carbocycles. The summed E-state index contributed by atoms with van der Waals surface area (Å²) in [6.45, 7) is 0.968. The predicted molar refractivity (Wildman–Crippen MR) is 119 cm³/mol. The van der Waals surface area contributed by atoms with Gasteiger partial charge in [0.1, 0.15) is 5.02 Å². The average molecular weight is 500 g/mol. The van der Waals surface area contributed by atoms with Crippen LogP contribution >= 0.6 is 11.6 Å². The first-order chi connectivity index (χ1) is 16.1. The molecule has 0 radical (unpaired) electrons. The Kier molecular flexibility index (Phi) is 6.91. The van der Waals surface area contributed by atoms with Crippen molar-refractivity contribution in [2.24, 2.45) is 5.41 Å². The quantitative estimate of drug-likeness (QED) is 0.650. The van der Waals surface area contributed by atoms with Crippen LogP contribution in [0.5, 0.6) is 0 Å². The third kappa shape index (κ3) is 4.79. The number of hydrogen-bond donors (Lipinski definition) is 1. The highest BCUT2D eigenvalue weighted by Gasteiger charge is 2.44. The van der Waals surface area contributed by atoms with Crippen molar-refractivity contribution in [3.63, 3.8) is 0 Å². The number of anilines is 1. The van der Waals surface area contributed by atoms with Crippen molar-refractivity contribution in [1.29, 1.82) is 0 Å². The maximum absolute atomic E-state index is 13.4. The lowest BCUT2D eigenvalue weighted by Crippen LogP contribution is -2.46. The van der Waals surface area contributed by atoms with Gasteiger partial charge in [-0.1, -0.05) is 29.8 Å². The zero-order chi connectivity index (χ0) is 24.5. The number of ether oxygens (including phenoxy) is 1. The van der Waals surface area contributed by atoms with Crippen molar-refractivity contribution in [2.75, 3.05) is 24.6 Å². The van der Waals surface area contributed by atoms with E-state index in [-0.39, 0.29) is 42.9 Å². The largest absolute Gasteiger partial charge is 0.481 e. The molecule has 11 heteroatoms. The SMILES string of the molecule is O=C(O)C1(Cc2ccccc2C(F)(F)F)CCN(c2cnn(C3CCCCO3)c(=O)c2Cl)CC1. The number of aliphatic carboxylic acids is 1. The zero-order valence-electron chi connectivity index (χ0n) is 18.4. The molecule has 0 amide bonds. The Morgan fingerprint density at radius 1 is 1.24 bits per heavy atom. The first-order valence-corrected chi connectivity index (χ1v) is 11.5. The van der Waals surface area contributed by atoms with Crippen LogP contribution in [0, 0.1) is 5.41 Å². The lowest BCUT2D eigenvalue weighted by molar-refractivity contribution is -0.151. The number of piperidine rings is 1. The molecule has 2 aliphatic rings. The summed E-state index contributed by atoms with van der Waals surface area (Å²) in [5.41, 5.74) is -2.32. The van der Waals surface area contributed by atoms with Crippen molar-refractivity contribution in [2.45, 2.75) is 50.9 Å². The topological polar surface area (TPSA) is 84.7 Å². The second-order valence-corrected chi connectivity index (χ2v) is 9.20. The summed E-state index contributed by atoms with van der Waals surface area (Å²) in [6.07, 6.45) is -1.12. The van der Waals surface area contributed by atoms with Crippen LogP contribution < -0.4 is 10.5 Å². The number of benzene rings is 1.